The van der Waals surface area contributed by atoms with E-state index in [4.69, 9.17) is 33.5 Å². The number of nitrogens with one attached hydrogen (secondary N) is 4. The van der Waals surface area contributed by atoms with Crippen LogP contribution in [0.4, 0.5) is 9.59 Å². The van der Waals surface area contributed by atoms with Gasteiger partial charge in [0.15, 0.2) is 12.6 Å². The lowest BCUT2D eigenvalue weighted by molar-refractivity contribution is -0.297. The summed E-state index contributed by atoms with van der Waals surface area (Å²) < 4.78 is 63.9. The lowest BCUT2D eigenvalue weighted by Crippen LogP contribution is -2.67. The molecule has 20 heteroatoms. The third kappa shape index (κ3) is 15.7. The lowest BCUT2D eigenvalue weighted by Gasteiger charge is -2.47. The fourth-order valence-electron chi connectivity index (χ4n) is 5.89. The molecule has 3 aliphatic rings. The molecular formula is C33H60N4O15S. The molecule has 2 heterocycles. The Bertz CT molecular complexity index is 1340. The fraction of sp³-hybridized carbons (Fsp3) is 0.879. The quantitative estimate of drug-likeness (QED) is 0.0969. The molecule has 3 rings (SSSR count). The number of sulfonamides is 1. The zero-order valence-corrected chi connectivity index (χ0v) is 32.4. The van der Waals surface area contributed by atoms with Gasteiger partial charge in [0.2, 0.25) is 10.0 Å². The molecule has 308 valence electrons. The first-order valence-corrected chi connectivity index (χ1v) is 19.4. The van der Waals surface area contributed by atoms with Crippen molar-refractivity contribution in [2.45, 2.75) is 146 Å². The van der Waals surface area contributed by atoms with E-state index in [1.54, 1.807) is 41.5 Å². The first-order valence-electron chi connectivity index (χ1n) is 17.8. The van der Waals surface area contributed by atoms with Crippen LogP contribution in [0.15, 0.2) is 11.8 Å². The zero-order chi connectivity index (χ0) is 39.8. The van der Waals surface area contributed by atoms with E-state index in [1.165, 1.54) is 6.92 Å². The van der Waals surface area contributed by atoms with Gasteiger partial charge in [0.25, 0.3) is 0 Å². The number of hydrogen-bond donors (Lipinski definition) is 9. The molecule has 10 atom stereocenters. The van der Waals surface area contributed by atoms with Gasteiger partial charge < -0.3 is 69.9 Å². The average molecular weight is 785 g/mol. The van der Waals surface area contributed by atoms with Crippen molar-refractivity contribution in [1.82, 2.24) is 20.7 Å². The highest BCUT2D eigenvalue weighted by molar-refractivity contribution is 7.89. The van der Waals surface area contributed by atoms with Gasteiger partial charge in [-0.05, 0) is 67.4 Å². The molecule has 0 bridgehead atoms. The highest BCUT2D eigenvalue weighted by Gasteiger charge is 2.51. The van der Waals surface area contributed by atoms with Crippen LogP contribution in [0.5, 0.6) is 0 Å². The van der Waals surface area contributed by atoms with Gasteiger partial charge in [-0.2, -0.15) is 0 Å². The Hall–Kier alpha value is -2.37. The molecule has 19 nitrogen and oxygen atoms in total. The molecule has 2 aliphatic heterocycles. The second-order valence-electron chi connectivity index (χ2n) is 15.9. The van der Waals surface area contributed by atoms with Crippen molar-refractivity contribution >= 4 is 22.2 Å². The fourth-order valence-corrected chi connectivity index (χ4v) is 7.07. The van der Waals surface area contributed by atoms with E-state index in [2.05, 4.69) is 20.7 Å². The maximum atomic E-state index is 13.4. The van der Waals surface area contributed by atoms with Gasteiger partial charge in [-0.1, -0.05) is 0 Å². The Labute approximate surface area is 311 Å². The largest absolute Gasteiger partial charge is 0.468 e. The van der Waals surface area contributed by atoms with Gasteiger partial charge in [-0.15, -0.1) is 0 Å². The summed E-state index contributed by atoms with van der Waals surface area (Å²) in [7, 11) is -4.21. The minimum absolute atomic E-state index is 0.101. The number of aliphatic hydroxyl groups is 5. The summed E-state index contributed by atoms with van der Waals surface area (Å²) in [5, 5.41) is 59.9. The van der Waals surface area contributed by atoms with Gasteiger partial charge >= 0.3 is 12.2 Å². The monoisotopic (exact) mass is 784 g/mol. The van der Waals surface area contributed by atoms with Crippen LogP contribution in [0.25, 0.3) is 0 Å². The smallest absolute Gasteiger partial charge is 0.407 e. The summed E-state index contributed by atoms with van der Waals surface area (Å²) in [6.07, 6.45) is -8.39. The van der Waals surface area contributed by atoms with Crippen LogP contribution in [0.3, 0.4) is 0 Å². The SMILES string of the molecule is CC(C)(C)OC(=O)NCCS(=O)(=O)N[C@@H]1C[C@H](NC(=O)OC(C)(C)C)[C@@H](O[C@@H]2CCC=C(CNCC(O)CO)O2)[C@H](O)[C@H]1O[C@H]1OC[C@](C)(O)C[C@H]1O. The number of carbonyl (C=O) groups is 2. The van der Waals surface area contributed by atoms with E-state index < -0.39 is 107 Å². The van der Waals surface area contributed by atoms with E-state index in [0.717, 1.165) is 0 Å². The van der Waals surface area contributed by atoms with Crippen molar-refractivity contribution in [2.75, 3.05) is 38.6 Å². The minimum atomic E-state index is -4.21. The zero-order valence-electron chi connectivity index (χ0n) is 31.6. The van der Waals surface area contributed by atoms with Crippen molar-refractivity contribution in [2.24, 2.45) is 0 Å². The predicted molar refractivity (Wildman–Crippen MR) is 188 cm³/mol. The van der Waals surface area contributed by atoms with Gasteiger partial charge in [0, 0.05) is 25.9 Å². The molecule has 0 aromatic carbocycles. The number of hydrogen-bond acceptors (Lipinski definition) is 16. The standard InChI is InChI=1S/C33H60N4O15S/c1-31(2,3)51-29(42)35-11-12-53(45,46)37-22-13-21(36-30(43)52-32(4,5)6)26(25(41)27(22)50-28-23(40)14-33(7,44)18-47-28)49-24-10-8-9-20(48-24)16-34-15-19(39)17-38/h9,19,21-28,34,37-41,44H,8,10-18H2,1-7H3,(H,35,42)(H,36,43)/t19?,21-,22+,23+,24+,25-,26+,27-,28+,33+/m0/s1. The maximum Gasteiger partial charge on any atom is 0.407 e. The highest BCUT2D eigenvalue weighted by Crippen LogP contribution is 2.33. The maximum absolute atomic E-state index is 13.4. The molecule has 0 aromatic heterocycles. The second kappa shape index (κ2) is 19.0. The molecule has 0 aromatic rings. The van der Waals surface area contributed by atoms with E-state index >= 15 is 0 Å². The molecule has 1 saturated heterocycles. The molecule has 1 saturated carbocycles. The number of ether oxygens (including phenoxy) is 6. The molecule has 1 unspecified atom stereocenters. The van der Waals surface area contributed by atoms with Crippen LogP contribution in [0, 0.1) is 0 Å². The molecule has 0 spiro atoms. The summed E-state index contributed by atoms with van der Waals surface area (Å²) in [5.74, 6) is -0.118. The second-order valence-corrected chi connectivity index (χ2v) is 17.7. The average Bonchev–Trinajstić information content (AvgIpc) is 2.99. The van der Waals surface area contributed by atoms with Crippen molar-refractivity contribution in [3.05, 3.63) is 11.8 Å². The third-order valence-corrected chi connectivity index (χ3v) is 9.52. The Morgan fingerprint density at radius 2 is 1.68 bits per heavy atom. The van der Waals surface area contributed by atoms with E-state index in [9.17, 15) is 38.4 Å². The van der Waals surface area contributed by atoms with Crippen molar-refractivity contribution < 1.29 is 72.0 Å². The van der Waals surface area contributed by atoms with Crippen molar-refractivity contribution in [1.29, 1.82) is 0 Å². The number of allylic oxidation sites excluding steroid dienone is 1. The number of alkyl carbamates (subject to hydrolysis) is 2. The van der Waals surface area contributed by atoms with Crippen LogP contribution < -0.4 is 20.7 Å². The van der Waals surface area contributed by atoms with Gasteiger partial charge in [-0.25, -0.2) is 22.7 Å². The first kappa shape index (κ1) is 45.0. The van der Waals surface area contributed by atoms with Crippen molar-refractivity contribution in [3.63, 3.8) is 0 Å². The van der Waals surface area contributed by atoms with Gasteiger partial charge in [0.1, 0.15) is 41.4 Å². The van der Waals surface area contributed by atoms with Gasteiger partial charge in [0.05, 0.1) is 49.3 Å². The molecule has 2 amide bonds. The van der Waals surface area contributed by atoms with E-state index in [1.807, 2.05) is 6.08 Å². The van der Waals surface area contributed by atoms with Crippen molar-refractivity contribution in [3.8, 4) is 0 Å². The summed E-state index contributed by atoms with van der Waals surface area (Å²) in [6, 6.07) is -2.33. The molecule has 53 heavy (non-hydrogen) atoms. The van der Waals surface area contributed by atoms with Crippen LogP contribution in [-0.4, -0.2) is 157 Å². The number of rotatable bonds is 15. The molecule has 9 N–H and O–H groups in total. The Balaban J connectivity index is 1.87. The predicted octanol–water partition coefficient (Wildman–Crippen LogP) is -0.951. The van der Waals surface area contributed by atoms with Crippen LogP contribution in [0.2, 0.25) is 0 Å². The summed E-state index contributed by atoms with van der Waals surface area (Å²) in [6.45, 7) is 10.8. The van der Waals surface area contributed by atoms with Gasteiger partial charge in [-0.3, -0.25) is 0 Å². The third-order valence-electron chi connectivity index (χ3n) is 8.12. The minimum Gasteiger partial charge on any atom is -0.468 e. The summed E-state index contributed by atoms with van der Waals surface area (Å²) in [5.41, 5.74) is -3.07. The Morgan fingerprint density at radius 1 is 1.04 bits per heavy atom. The van der Waals surface area contributed by atoms with Crippen LogP contribution >= 0.6 is 0 Å². The van der Waals surface area contributed by atoms with Crippen LogP contribution in [0.1, 0.15) is 74.1 Å². The van der Waals surface area contributed by atoms with Crippen LogP contribution in [-0.2, 0) is 38.4 Å². The Kier molecular flexibility index (Phi) is 16.1. The highest BCUT2D eigenvalue weighted by atomic mass is 32.2. The first-order chi connectivity index (χ1) is 24.5. The molecule has 0 radical (unpaired) electrons. The number of carbonyl (C=O) groups excluding carboxylic acids is 2. The summed E-state index contributed by atoms with van der Waals surface area (Å²) >= 11 is 0. The Morgan fingerprint density at radius 3 is 2.30 bits per heavy atom. The molecule has 2 fully saturated rings. The van der Waals surface area contributed by atoms with E-state index in [-0.39, 0.29) is 39.1 Å². The lowest BCUT2D eigenvalue weighted by atomic mass is 9.83. The number of aliphatic hydroxyl groups excluding tert-OH is 4. The van der Waals surface area contributed by atoms with E-state index in [0.29, 0.717) is 18.6 Å². The normalized spacial score (nSPS) is 31.8. The molecule has 1 aliphatic carbocycles. The topological polar surface area (TPSA) is 273 Å². The summed E-state index contributed by atoms with van der Waals surface area (Å²) in [4.78, 5) is 25.2. The molecular weight excluding hydrogens is 724 g/mol. The number of amides is 2.